The number of rotatable bonds is 4. The van der Waals surface area contributed by atoms with Crippen LogP contribution in [-0.2, 0) is 27.8 Å². The molecule has 0 atom stereocenters. The normalized spacial score (nSPS) is 14.0. The van der Waals surface area contributed by atoms with Crippen LogP contribution in [0.5, 0.6) is 0 Å². The summed E-state index contributed by atoms with van der Waals surface area (Å²) < 4.78 is 25.5. The Morgan fingerprint density at radius 1 is 1.12 bits per heavy atom. The van der Waals surface area contributed by atoms with Crippen LogP contribution in [-0.4, -0.2) is 38.6 Å². The fourth-order valence-electron chi connectivity index (χ4n) is 3.01. The summed E-state index contributed by atoms with van der Waals surface area (Å²) in [6, 6.07) is 12.4. The summed E-state index contributed by atoms with van der Waals surface area (Å²) in [4.78, 5) is 14.4. The average molecular weight is 413 g/mol. The minimum atomic E-state index is -3.68. The minimum Gasteiger partial charge on any atom is -0.336 e. The number of hydrogen-bond acceptors (Lipinski definition) is 3. The standard InChI is InChI=1S/C18H18Cl2N2O3S/c1-26(24,25)22(17-9-15(19)8-16(20)10-17)12-18(23)21-7-6-13-4-2-3-5-14(13)11-21/h2-5,8-10H,6-7,11-12H2,1H3. The quantitative estimate of drug-likeness (QED) is 0.773. The predicted molar refractivity (Wildman–Crippen MR) is 104 cm³/mol. The molecule has 3 rings (SSSR count). The van der Waals surface area contributed by atoms with Crippen LogP contribution in [0.2, 0.25) is 10.0 Å². The van der Waals surface area contributed by atoms with Crippen molar-refractivity contribution >= 4 is 44.8 Å². The molecule has 1 aliphatic heterocycles. The van der Waals surface area contributed by atoms with Gasteiger partial charge in [0.25, 0.3) is 0 Å². The van der Waals surface area contributed by atoms with Gasteiger partial charge in [0, 0.05) is 23.1 Å². The second-order valence-corrected chi connectivity index (χ2v) is 9.01. The van der Waals surface area contributed by atoms with Crippen LogP contribution in [0, 0.1) is 0 Å². The molecule has 2 aromatic rings. The van der Waals surface area contributed by atoms with Crippen LogP contribution in [0.3, 0.4) is 0 Å². The summed E-state index contributed by atoms with van der Waals surface area (Å²) >= 11 is 12.0. The lowest BCUT2D eigenvalue weighted by Crippen LogP contribution is -2.44. The Hall–Kier alpha value is -1.76. The minimum absolute atomic E-state index is 0.263. The first kappa shape index (κ1) is 19.0. The fourth-order valence-corrected chi connectivity index (χ4v) is 4.36. The van der Waals surface area contributed by atoms with Crippen molar-refractivity contribution in [3.05, 3.63) is 63.6 Å². The molecule has 0 aromatic heterocycles. The SMILES string of the molecule is CS(=O)(=O)N(CC(=O)N1CCc2ccccc2C1)c1cc(Cl)cc(Cl)c1. The van der Waals surface area contributed by atoms with Gasteiger partial charge in [-0.15, -0.1) is 0 Å². The molecule has 0 saturated carbocycles. The molecule has 0 bridgehead atoms. The summed E-state index contributed by atoms with van der Waals surface area (Å²) in [6.45, 7) is 0.740. The van der Waals surface area contributed by atoms with Crippen LogP contribution in [0.15, 0.2) is 42.5 Å². The number of halogens is 2. The topological polar surface area (TPSA) is 57.7 Å². The molecule has 138 valence electrons. The van der Waals surface area contributed by atoms with Gasteiger partial charge in [-0.1, -0.05) is 47.5 Å². The summed E-state index contributed by atoms with van der Waals surface area (Å²) in [5.74, 6) is -0.263. The van der Waals surface area contributed by atoms with E-state index in [9.17, 15) is 13.2 Å². The lowest BCUT2D eigenvalue weighted by molar-refractivity contribution is -0.130. The second-order valence-electron chi connectivity index (χ2n) is 6.23. The van der Waals surface area contributed by atoms with E-state index < -0.39 is 10.0 Å². The molecule has 0 aliphatic carbocycles. The van der Waals surface area contributed by atoms with E-state index in [2.05, 4.69) is 0 Å². The van der Waals surface area contributed by atoms with Gasteiger partial charge in [0.05, 0.1) is 11.9 Å². The molecule has 0 N–H and O–H groups in total. The Morgan fingerprint density at radius 2 is 1.73 bits per heavy atom. The maximum Gasteiger partial charge on any atom is 0.243 e. The number of benzene rings is 2. The summed E-state index contributed by atoms with van der Waals surface area (Å²) in [6.07, 6.45) is 1.81. The first-order valence-electron chi connectivity index (χ1n) is 8.02. The van der Waals surface area contributed by atoms with E-state index in [4.69, 9.17) is 23.2 Å². The molecule has 1 heterocycles. The average Bonchev–Trinajstić information content (AvgIpc) is 2.57. The Morgan fingerprint density at radius 3 is 2.35 bits per heavy atom. The number of nitrogens with zero attached hydrogens (tertiary/aromatic N) is 2. The second kappa shape index (κ2) is 7.47. The van der Waals surface area contributed by atoms with Crippen molar-refractivity contribution in [1.29, 1.82) is 0 Å². The van der Waals surface area contributed by atoms with Crippen molar-refractivity contribution in [2.75, 3.05) is 23.7 Å². The molecular weight excluding hydrogens is 395 g/mol. The molecule has 26 heavy (non-hydrogen) atoms. The molecule has 0 saturated heterocycles. The van der Waals surface area contributed by atoms with Gasteiger partial charge in [-0.05, 0) is 35.7 Å². The van der Waals surface area contributed by atoms with E-state index in [1.807, 2.05) is 24.3 Å². The molecule has 0 radical (unpaired) electrons. The van der Waals surface area contributed by atoms with Gasteiger partial charge in [-0.25, -0.2) is 8.42 Å². The molecule has 1 amide bonds. The molecular formula is C18H18Cl2N2O3S. The number of sulfonamides is 1. The number of hydrogen-bond donors (Lipinski definition) is 0. The van der Waals surface area contributed by atoms with Crippen LogP contribution < -0.4 is 4.31 Å². The van der Waals surface area contributed by atoms with Crippen LogP contribution in [0.4, 0.5) is 5.69 Å². The van der Waals surface area contributed by atoms with Crippen molar-refractivity contribution < 1.29 is 13.2 Å². The van der Waals surface area contributed by atoms with Crippen molar-refractivity contribution in [1.82, 2.24) is 4.90 Å². The van der Waals surface area contributed by atoms with Gasteiger partial charge >= 0.3 is 0 Å². The van der Waals surface area contributed by atoms with Gasteiger partial charge < -0.3 is 4.90 Å². The van der Waals surface area contributed by atoms with Gasteiger partial charge in [-0.3, -0.25) is 9.10 Å². The lowest BCUT2D eigenvalue weighted by atomic mass is 10.00. The van der Waals surface area contributed by atoms with Crippen molar-refractivity contribution in [2.24, 2.45) is 0 Å². The molecule has 5 nitrogen and oxygen atoms in total. The van der Waals surface area contributed by atoms with Gasteiger partial charge in [0.2, 0.25) is 15.9 Å². The fraction of sp³-hybridized carbons (Fsp3) is 0.278. The molecule has 0 spiro atoms. The Balaban J connectivity index is 1.83. The van der Waals surface area contributed by atoms with E-state index in [1.54, 1.807) is 4.90 Å². The van der Waals surface area contributed by atoms with E-state index in [1.165, 1.54) is 23.8 Å². The lowest BCUT2D eigenvalue weighted by Gasteiger charge is -2.31. The molecule has 2 aromatic carbocycles. The highest BCUT2D eigenvalue weighted by Gasteiger charge is 2.26. The molecule has 0 fully saturated rings. The van der Waals surface area contributed by atoms with Crippen molar-refractivity contribution in [3.63, 3.8) is 0 Å². The molecule has 1 aliphatic rings. The van der Waals surface area contributed by atoms with E-state index in [-0.39, 0.29) is 18.1 Å². The van der Waals surface area contributed by atoms with Crippen LogP contribution >= 0.6 is 23.2 Å². The maximum absolute atomic E-state index is 12.8. The molecule has 8 heteroatoms. The van der Waals surface area contributed by atoms with Crippen LogP contribution in [0.1, 0.15) is 11.1 Å². The zero-order chi connectivity index (χ0) is 18.9. The highest BCUT2D eigenvalue weighted by Crippen LogP contribution is 2.27. The summed E-state index contributed by atoms with van der Waals surface area (Å²) in [5, 5.41) is 0.612. The number of anilines is 1. The number of amides is 1. The first-order valence-corrected chi connectivity index (χ1v) is 10.6. The third kappa shape index (κ3) is 4.31. The highest BCUT2D eigenvalue weighted by molar-refractivity contribution is 7.92. The van der Waals surface area contributed by atoms with E-state index in [0.717, 1.165) is 22.5 Å². The Labute approximate surface area is 163 Å². The van der Waals surface area contributed by atoms with Gasteiger partial charge in [0.15, 0.2) is 0 Å². The number of fused-ring (bicyclic) bond motifs is 1. The van der Waals surface area contributed by atoms with E-state index in [0.29, 0.717) is 23.1 Å². The van der Waals surface area contributed by atoms with Crippen molar-refractivity contribution in [2.45, 2.75) is 13.0 Å². The maximum atomic E-state index is 12.8. The van der Waals surface area contributed by atoms with E-state index >= 15 is 0 Å². The zero-order valence-corrected chi connectivity index (χ0v) is 16.5. The first-order chi connectivity index (χ1) is 12.2. The predicted octanol–water partition coefficient (Wildman–Crippen LogP) is 3.34. The largest absolute Gasteiger partial charge is 0.336 e. The monoisotopic (exact) mass is 412 g/mol. The summed E-state index contributed by atoms with van der Waals surface area (Å²) in [5.41, 5.74) is 2.58. The summed E-state index contributed by atoms with van der Waals surface area (Å²) in [7, 11) is -3.68. The highest BCUT2D eigenvalue weighted by atomic mass is 35.5. The smallest absolute Gasteiger partial charge is 0.243 e. The number of carbonyl (C=O) groups excluding carboxylic acids is 1. The Kier molecular flexibility index (Phi) is 5.46. The molecule has 0 unspecified atom stereocenters. The zero-order valence-electron chi connectivity index (χ0n) is 14.2. The van der Waals surface area contributed by atoms with Crippen molar-refractivity contribution in [3.8, 4) is 0 Å². The third-order valence-electron chi connectivity index (χ3n) is 4.30. The van der Waals surface area contributed by atoms with Gasteiger partial charge in [-0.2, -0.15) is 0 Å². The van der Waals surface area contributed by atoms with Crippen LogP contribution in [0.25, 0.3) is 0 Å². The number of carbonyl (C=O) groups is 1. The Bertz CT molecular complexity index is 927. The third-order valence-corrected chi connectivity index (χ3v) is 5.87. The van der Waals surface area contributed by atoms with Gasteiger partial charge in [0.1, 0.15) is 6.54 Å².